The van der Waals surface area contributed by atoms with E-state index in [2.05, 4.69) is 10.1 Å². The second-order valence-corrected chi connectivity index (χ2v) is 3.66. The Balaban J connectivity index is 2.50. The van der Waals surface area contributed by atoms with Crippen LogP contribution in [0.3, 0.4) is 0 Å². The van der Waals surface area contributed by atoms with Crippen molar-refractivity contribution in [1.29, 1.82) is 0 Å². The molecule has 0 aliphatic carbocycles. The molecular weight excluding hydrogens is 230 g/mol. The van der Waals surface area contributed by atoms with Crippen molar-refractivity contribution < 1.29 is 14.3 Å². The first kappa shape index (κ1) is 10.7. The Morgan fingerprint density at radius 2 is 2.25 bits per heavy atom. The number of ether oxygens (including phenoxy) is 1. The molecule has 0 radical (unpaired) electrons. The largest absolute Gasteiger partial charge is 0.466 e. The predicted octanol–water partition coefficient (Wildman–Crippen LogP) is 1.85. The van der Waals surface area contributed by atoms with Gasteiger partial charge in [-0.05, 0) is 18.2 Å². The Bertz CT molecular complexity index is 508. The van der Waals surface area contributed by atoms with Gasteiger partial charge in [-0.15, -0.1) is 0 Å². The zero-order chi connectivity index (χ0) is 11.7. The number of carbonyl (C=O) groups excluding carboxylic acids is 2. The summed E-state index contributed by atoms with van der Waals surface area (Å²) in [6.45, 7) is 0. The van der Waals surface area contributed by atoms with Crippen LogP contribution in [0.5, 0.6) is 0 Å². The Morgan fingerprint density at radius 1 is 1.50 bits per heavy atom. The monoisotopic (exact) mass is 237 g/mol. The topological polar surface area (TPSA) is 55.4 Å². The van der Waals surface area contributed by atoms with E-state index in [1.807, 2.05) is 0 Å². The number of amides is 1. The van der Waals surface area contributed by atoms with E-state index in [4.69, 9.17) is 11.6 Å². The van der Waals surface area contributed by atoms with E-state index in [0.717, 1.165) is 6.08 Å². The van der Waals surface area contributed by atoms with Crippen LogP contribution < -0.4 is 5.32 Å². The molecule has 1 amide bonds. The van der Waals surface area contributed by atoms with Gasteiger partial charge in [0, 0.05) is 22.3 Å². The highest BCUT2D eigenvalue weighted by molar-refractivity contribution is 6.35. The molecule has 0 unspecified atom stereocenters. The van der Waals surface area contributed by atoms with E-state index in [-0.39, 0.29) is 11.5 Å². The van der Waals surface area contributed by atoms with Gasteiger partial charge in [0.1, 0.15) is 0 Å². The normalized spacial score (nSPS) is 15.9. The van der Waals surface area contributed by atoms with Crippen molar-refractivity contribution >= 4 is 34.7 Å². The van der Waals surface area contributed by atoms with Gasteiger partial charge < -0.3 is 10.1 Å². The van der Waals surface area contributed by atoms with Gasteiger partial charge in [0.2, 0.25) is 0 Å². The Labute approximate surface area is 96.9 Å². The van der Waals surface area contributed by atoms with Crippen LogP contribution in [-0.2, 0) is 14.3 Å². The van der Waals surface area contributed by atoms with Crippen molar-refractivity contribution in [3.8, 4) is 0 Å². The SMILES string of the molecule is COC(=O)C=C1C(=O)Nc2ccc(Cl)cc21. The fourth-order valence-electron chi connectivity index (χ4n) is 1.48. The maximum absolute atomic E-state index is 11.6. The lowest BCUT2D eigenvalue weighted by Gasteiger charge is -1.98. The molecular formula is C11H8ClNO3. The fourth-order valence-corrected chi connectivity index (χ4v) is 1.65. The van der Waals surface area contributed by atoms with Crippen molar-refractivity contribution in [2.45, 2.75) is 0 Å². The maximum Gasteiger partial charge on any atom is 0.331 e. The number of halogens is 1. The minimum absolute atomic E-state index is 0.268. The Kier molecular flexibility index (Phi) is 2.66. The minimum Gasteiger partial charge on any atom is -0.466 e. The van der Waals surface area contributed by atoms with Gasteiger partial charge in [0.05, 0.1) is 12.7 Å². The summed E-state index contributed by atoms with van der Waals surface area (Å²) in [5.74, 6) is -0.902. The lowest BCUT2D eigenvalue weighted by molar-refractivity contribution is -0.134. The molecule has 1 heterocycles. The third-order valence-corrected chi connectivity index (χ3v) is 2.46. The number of benzene rings is 1. The minimum atomic E-state index is -0.571. The van der Waals surface area contributed by atoms with Gasteiger partial charge in [0.15, 0.2) is 0 Å². The summed E-state index contributed by atoms with van der Waals surface area (Å²) in [6.07, 6.45) is 1.15. The smallest absolute Gasteiger partial charge is 0.331 e. The van der Waals surface area contributed by atoms with E-state index in [1.54, 1.807) is 18.2 Å². The number of esters is 1. The highest BCUT2D eigenvalue weighted by atomic mass is 35.5. The average Bonchev–Trinajstić information content (AvgIpc) is 2.55. The molecule has 0 spiro atoms. The van der Waals surface area contributed by atoms with Gasteiger partial charge in [-0.1, -0.05) is 11.6 Å². The summed E-state index contributed by atoms with van der Waals surface area (Å²) < 4.78 is 4.48. The molecule has 1 aromatic rings. The van der Waals surface area contributed by atoms with Crippen LogP contribution >= 0.6 is 11.6 Å². The number of rotatable bonds is 1. The summed E-state index contributed by atoms with van der Waals surface area (Å²) in [5, 5.41) is 3.14. The second-order valence-electron chi connectivity index (χ2n) is 3.23. The highest BCUT2D eigenvalue weighted by Crippen LogP contribution is 2.33. The molecule has 0 aromatic heterocycles. The van der Waals surface area contributed by atoms with Gasteiger partial charge in [0.25, 0.3) is 5.91 Å². The summed E-state index contributed by atoms with van der Waals surface area (Å²) in [4.78, 5) is 22.7. The molecule has 1 aromatic carbocycles. The van der Waals surface area contributed by atoms with Crippen LogP contribution in [0, 0.1) is 0 Å². The van der Waals surface area contributed by atoms with Crippen LogP contribution in [0.15, 0.2) is 24.3 Å². The van der Waals surface area contributed by atoms with E-state index >= 15 is 0 Å². The lowest BCUT2D eigenvalue weighted by Crippen LogP contribution is -2.06. The van der Waals surface area contributed by atoms with Crippen LogP contribution in [0.2, 0.25) is 5.02 Å². The van der Waals surface area contributed by atoms with E-state index in [9.17, 15) is 9.59 Å². The number of nitrogens with one attached hydrogen (secondary N) is 1. The zero-order valence-corrected chi connectivity index (χ0v) is 9.17. The maximum atomic E-state index is 11.6. The molecule has 1 aliphatic rings. The van der Waals surface area contributed by atoms with E-state index in [0.29, 0.717) is 16.3 Å². The predicted molar refractivity (Wildman–Crippen MR) is 60.1 cm³/mol. The summed E-state index contributed by atoms with van der Waals surface area (Å²) in [5.41, 5.74) is 1.52. The van der Waals surface area contributed by atoms with Crippen molar-refractivity contribution in [3.05, 3.63) is 34.9 Å². The first-order valence-electron chi connectivity index (χ1n) is 4.52. The van der Waals surface area contributed by atoms with Gasteiger partial charge >= 0.3 is 5.97 Å². The second kappa shape index (κ2) is 3.98. The highest BCUT2D eigenvalue weighted by Gasteiger charge is 2.25. The van der Waals surface area contributed by atoms with E-state index in [1.165, 1.54) is 7.11 Å². The van der Waals surface area contributed by atoms with Crippen LogP contribution in [-0.4, -0.2) is 19.0 Å². The summed E-state index contributed by atoms with van der Waals surface area (Å²) in [7, 11) is 1.26. The quantitative estimate of drug-likeness (QED) is 0.599. The van der Waals surface area contributed by atoms with Crippen LogP contribution in [0.25, 0.3) is 5.57 Å². The molecule has 1 aliphatic heterocycles. The first-order valence-corrected chi connectivity index (χ1v) is 4.90. The Morgan fingerprint density at radius 3 is 2.94 bits per heavy atom. The third kappa shape index (κ3) is 1.79. The molecule has 2 rings (SSSR count). The lowest BCUT2D eigenvalue weighted by atomic mass is 10.1. The standard InChI is InChI=1S/C11H8ClNO3/c1-16-10(14)5-8-7-4-6(12)2-3-9(7)13-11(8)15/h2-5H,1H3,(H,13,15). The number of methoxy groups -OCH3 is 1. The number of hydrogen-bond donors (Lipinski definition) is 1. The molecule has 0 saturated carbocycles. The van der Waals surface area contributed by atoms with Crippen molar-refractivity contribution in [3.63, 3.8) is 0 Å². The number of anilines is 1. The molecule has 0 bridgehead atoms. The van der Waals surface area contributed by atoms with Crippen molar-refractivity contribution in [1.82, 2.24) is 0 Å². The van der Waals surface area contributed by atoms with E-state index < -0.39 is 5.97 Å². The molecule has 1 N–H and O–H groups in total. The van der Waals surface area contributed by atoms with Gasteiger partial charge in [-0.3, -0.25) is 4.79 Å². The molecule has 4 nitrogen and oxygen atoms in total. The number of hydrogen-bond acceptors (Lipinski definition) is 3. The molecule has 82 valence electrons. The van der Waals surface area contributed by atoms with Crippen LogP contribution in [0.1, 0.15) is 5.56 Å². The van der Waals surface area contributed by atoms with Crippen LogP contribution in [0.4, 0.5) is 5.69 Å². The zero-order valence-electron chi connectivity index (χ0n) is 8.41. The number of carbonyl (C=O) groups is 2. The third-order valence-electron chi connectivity index (χ3n) is 2.23. The van der Waals surface area contributed by atoms with Crippen molar-refractivity contribution in [2.75, 3.05) is 12.4 Å². The number of fused-ring (bicyclic) bond motifs is 1. The van der Waals surface area contributed by atoms with Gasteiger partial charge in [-0.25, -0.2) is 4.79 Å². The fraction of sp³-hybridized carbons (Fsp3) is 0.0909. The molecule has 0 fully saturated rings. The molecule has 16 heavy (non-hydrogen) atoms. The molecule has 5 heteroatoms. The van der Waals surface area contributed by atoms with Gasteiger partial charge in [-0.2, -0.15) is 0 Å². The Hall–Kier alpha value is -1.81. The molecule has 0 saturated heterocycles. The summed E-state index contributed by atoms with van der Waals surface area (Å²) in [6, 6.07) is 4.99. The average molecular weight is 238 g/mol. The first-order chi connectivity index (χ1) is 7.61. The summed E-state index contributed by atoms with van der Waals surface area (Å²) >= 11 is 5.82. The van der Waals surface area contributed by atoms with Crippen molar-refractivity contribution in [2.24, 2.45) is 0 Å². The molecule has 0 atom stereocenters.